The summed E-state index contributed by atoms with van der Waals surface area (Å²) < 4.78 is 11.2. The molecule has 2 heterocycles. The molecule has 0 radical (unpaired) electrons. The zero-order valence-corrected chi connectivity index (χ0v) is 14.2. The number of fused-ring (bicyclic) bond motifs is 1. The van der Waals surface area contributed by atoms with Crippen LogP contribution in [-0.4, -0.2) is 22.7 Å². The lowest BCUT2D eigenvalue weighted by atomic mass is 9.96. The van der Waals surface area contributed by atoms with Crippen molar-refractivity contribution in [1.82, 2.24) is 10.1 Å². The second-order valence-electron chi connectivity index (χ2n) is 6.21. The minimum absolute atomic E-state index is 0.0699. The molecule has 0 saturated heterocycles. The molecule has 0 saturated carbocycles. The van der Waals surface area contributed by atoms with Gasteiger partial charge in [-0.1, -0.05) is 47.6 Å². The Morgan fingerprint density at radius 3 is 2.81 bits per heavy atom. The largest absolute Gasteiger partial charge is 0.373 e. The molecule has 0 spiro atoms. The van der Waals surface area contributed by atoms with Crippen LogP contribution in [0.2, 0.25) is 0 Å². The fourth-order valence-corrected chi connectivity index (χ4v) is 3.12. The molecule has 0 fully saturated rings. The van der Waals surface area contributed by atoms with Crippen LogP contribution in [0, 0.1) is 0 Å². The number of nitrogens with zero attached hydrogens (tertiary/aromatic N) is 2. The number of benzene rings is 2. The number of nitrogens with one attached hydrogen (secondary N) is 1. The first-order chi connectivity index (χ1) is 12.8. The van der Waals surface area contributed by atoms with E-state index in [9.17, 15) is 4.79 Å². The number of hydrogen-bond donors (Lipinski definition) is 1. The van der Waals surface area contributed by atoms with Crippen LogP contribution in [0.4, 0.5) is 5.69 Å². The molecule has 2 aromatic carbocycles. The van der Waals surface area contributed by atoms with E-state index in [1.54, 1.807) is 0 Å². The van der Waals surface area contributed by atoms with Crippen molar-refractivity contribution < 1.29 is 14.1 Å². The lowest BCUT2D eigenvalue weighted by Gasteiger charge is -2.24. The fourth-order valence-electron chi connectivity index (χ4n) is 3.12. The second kappa shape index (κ2) is 7.49. The predicted octanol–water partition coefficient (Wildman–Crippen LogP) is 3.11. The smallest absolute Gasteiger partial charge is 0.232 e. The Balaban J connectivity index is 1.39. The number of amides is 1. The monoisotopic (exact) mass is 349 g/mol. The van der Waals surface area contributed by atoms with E-state index < -0.39 is 0 Å². The maximum Gasteiger partial charge on any atom is 0.232 e. The Morgan fingerprint density at radius 2 is 1.92 bits per heavy atom. The molecular weight excluding hydrogens is 330 g/mol. The molecule has 132 valence electrons. The highest BCUT2D eigenvalue weighted by molar-refractivity contribution is 5.91. The normalized spacial score (nSPS) is 16.1. The maximum atomic E-state index is 12.1. The third-order valence-corrected chi connectivity index (χ3v) is 4.34. The van der Waals surface area contributed by atoms with E-state index in [-0.39, 0.29) is 18.4 Å². The van der Waals surface area contributed by atoms with Crippen LogP contribution >= 0.6 is 0 Å². The van der Waals surface area contributed by atoms with Gasteiger partial charge in [0.25, 0.3) is 0 Å². The van der Waals surface area contributed by atoms with Gasteiger partial charge in [-0.25, -0.2) is 0 Å². The summed E-state index contributed by atoms with van der Waals surface area (Å²) in [6.07, 6.45) is 1.40. The lowest BCUT2D eigenvalue weighted by Crippen LogP contribution is -2.18. The SMILES string of the molecule is O=C(Cc1noc(CC2OCCc3ccccc32)n1)Nc1ccccc1. The van der Waals surface area contributed by atoms with Crippen LogP contribution < -0.4 is 5.32 Å². The number of rotatable bonds is 5. The molecule has 3 aromatic rings. The van der Waals surface area contributed by atoms with E-state index in [1.165, 1.54) is 11.1 Å². The van der Waals surface area contributed by atoms with E-state index in [2.05, 4.69) is 27.6 Å². The van der Waals surface area contributed by atoms with Crippen molar-refractivity contribution in [3.05, 3.63) is 77.4 Å². The molecule has 1 atom stereocenters. The topological polar surface area (TPSA) is 77.2 Å². The molecule has 1 N–H and O–H groups in total. The standard InChI is InChI=1S/C20H19N3O3/c24-19(21-15-7-2-1-3-8-15)13-18-22-20(26-23-18)12-17-16-9-5-4-6-14(16)10-11-25-17/h1-9,17H,10-13H2,(H,21,24). The summed E-state index contributed by atoms with van der Waals surface area (Å²) in [6, 6.07) is 17.5. The van der Waals surface area contributed by atoms with Crippen molar-refractivity contribution in [2.45, 2.75) is 25.4 Å². The molecule has 1 unspecified atom stereocenters. The first kappa shape index (κ1) is 16.5. The van der Waals surface area contributed by atoms with Gasteiger partial charge in [0.2, 0.25) is 11.8 Å². The quantitative estimate of drug-likeness (QED) is 0.766. The summed E-state index contributed by atoms with van der Waals surface area (Å²) in [5, 5.41) is 6.73. The number of ether oxygens (including phenoxy) is 1. The van der Waals surface area contributed by atoms with Crippen molar-refractivity contribution >= 4 is 11.6 Å². The Hall–Kier alpha value is -2.99. The van der Waals surface area contributed by atoms with E-state index >= 15 is 0 Å². The molecule has 1 aliphatic rings. The zero-order valence-electron chi connectivity index (χ0n) is 14.2. The van der Waals surface area contributed by atoms with E-state index in [1.807, 2.05) is 42.5 Å². The van der Waals surface area contributed by atoms with Gasteiger partial charge in [-0.3, -0.25) is 4.79 Å². The van der Waals surface area contributed by atoms with Gasteiger partial charge >= 0.3 is 0 Å². The lowest BCUT2D eigenvalue weighted by molar-refractivity contribution is -0.115. The van der Waals surface area contributed by atoms with Crippen molar-refractivity contribution in [1.29, 1.82) is 0 Å². The molecule has 0 bridgehead atoms. The first-order valence-electron chi connectivity index (χ1n) is 8.64. The van der Waals surface area contributed by atoms with Gasteiger partial charge in [0, 0.05) is 5.69 Å². The molecule has 0 aliphatic carbocycles. The van der Waals surface area contributed by atoms with Crippen molar-refractivity contribution in [2.24, 2.45) is 0 Å². The molecule has 6 nitrogen and oxygen atoms in total. The average Bonchev–Trinajstić information content (AvgIpc) is 3.09. The summed E-state index contributed by atoms with van der Waals surface area (Å²) in [4.78, 5) is 16.4. The Bertz CT molecular complexity index is 892. The molecule has 6 heteroatoms. The highest BCUT2D eigenvalue weighted by atomic mass is 16.5. The molecule has 1 amide bonds. The fraction of sp³-hybridized carbons (Fsp3) is 0.250. The van der Waals surface area contributed by atoms with Crippen LogP contribution in [0.25, 0.3) is 0 Å². The summed E-state index contributed by atoms with van der Waals surface area (Å²) in [7, 11) is 0. The van der Waals surface area contributed by atoms with E-state index in [0.717, 1.165) is 12.1 Å². The Labute approximate surface area is 151 Å². The number of para-hydroxylation sites is 1. The summed E-state index contributed by atoms with van der Waals surface area (Å²) >= 11 is 0. The molecule has 1 aliphatic heterocycles. The molecule has 1 aromatic heterocycles. The van der Waals surface area contributed by atoms with Crippen LogP contribution in [0.5, 0.6) is 0 Å². The predicted molar refractivity (Wildman–Crippen MR) is 95.6 cm³/mol. The first-order valence-corrected chi connectivity index (χ1v) is 8.64. The van der Waals surface area contributed by atoms with Crippen LogP contribution in [0.15, 0.2) is 59.1 Å². The third-order valence-electron chi connectivity index (χ3n) is 4.34. The number of anilines is 1. The van der Waals surface area contributed by atoms with Crippen molar-refractivity contribution in [2.75, 3.05) is 11.9 Å². The number of carbonyl (C=O) groups is 1. The summed E-state index contributed by atoms with van der Waals surface area (Å²) in [6.45, 7) is 0.683. The van der Waals surface area contributed by atoms with Gasteiger partial charge in [0.05, 0.1) is 25.6 Å². The van der Waals surface area contributed by atoms with Crippen LogP contribution in [0.1, 0.15) is 28.9 Å². The highest BCUT2D eigenvalue weighted by Gasteiger charge is 2.23. The number of carbonyl (C=O) groups excluding carboxylic acids is 1. The van der Waals surface area contributed by atoms with Gasteiger partial charge < -0.3 is 14.6 Å². The molecule has 4 rings (SSSR count). The van der Waals surface area contributed by atoms with Gasteiger partial charge in [-0.05, 0) is 29.7 Å². The molecule has 26 heavy (non-hydrogen) atoms. The number of hydrogen-bond acceptors (Lipinski definition) is 5. The van der Waals surface area contributed by atoms with E-state index in [4.69, 9.17) is 9.26 Å². The van der Waals surface area contributed by atoms with Crippen molar-refractivity contribution in [3.8, 4) is 0 Å². The van der Waals surface area contributed by atoms with Gasteiger partial charge in [-0.2, -0.15) is 4.98 Å². The zero-order chi connectivity index (χ0) is 17.8. The van der Waals surface area contributed by atoms with Crippen LogP contribution in [0.3, 0.4) is 0 Å². The highest BCUT2D eigenvalue weighted by Crippen LogP contribution is 2.29. The maximum absolute atomic E-state index is 12.1. The third kappa shape index (κ3) is 3.81. The van der Waals surface area contributed by atoms with E-state index in [0.29, 0.717) is 24.7 Å². The van der Waals surface area contributed by atoms with Gasteiger partial charge in [0.15, 0.2) is 5.82 Å². The Morgan fingerprint density at radius 1 is 1.12 bits per heavy atom. The summed E-state index contributed by atoms with van der Waals surface area (Å²) in [5.41, 5.74) is 3.21. The van der Waals surface area contributed by atoms with Gasteiger partial charge in [-0.15, -0.1) is 0 Å². The second-order valence-corrected chi connectivity index (χ2v) is 6.21. The minimum Gasteiger partial charge on any atom is -0.373 e. The van der Waals surface area contributed by atoms with Crippen LogP contribution in [-0.2, 0) is 28.8 Å². The van der Waals surface area contributed by atoms with Gasteiger partial charge in [0.1, 0.15) is 0 Å². The number of aromatic nitrogens is 2. The average molecular weight is 349 g/mol. The molecular formula is C20H19N3O3. The Kier molecular flexibility index (Phi) is 4.75. The van der Waals surface area contributed by atoms with Crippen molar-refractivity contribution in [3.63, 3.8) is 0 Å². The summed E-state index contributed by atoms with van der Waals surface area (Å²) in [5.74, 6) is 0.676. The minimum atomic E-state index is -0.178.